The molecule has 2 aromatic carbocycles. The summed E-state index contributed by atoms with van der Waals surface area (Å²) < 4.78 is 13.5. The van der Waals surface area contributed by atoms with Crippen LogP contribution in [0.25, 0.3) is 0 Å². The number of hydrogen-bond acceptors (Lipinski definition) is 4. The number of carbonyl (C=O) groups is 4. The van der Waals surface area contributed by atoms with Gasteiger partial charge >= 0.3 is 12.0 Å². The molecule has 0 spiro atoms. The third-order valence-electron chi connectivity index (χ3n) is 7.23. The van der Waals surface area contributed by atoms with Crippen molar-refractivity contribution in [1.29, 1.82) is 0 Å². The first-order valence-corrected chi connectivity index (χ1v) is 13.0. The fourth-order valence-electron chi connectivity index (χ4n) is 5.33. The van der Waals surface area contributed by atoms with Gasteiger partial charge in [0.25, 0.3) is 11.8 Å². The van der Waals surface area contributed by atoms with Crippen LogP contribution in [0.2, 0.25) is 0 Å². The van der Waals surface area contributed by atoms with E-state index in [9.17, 15) is 28.7 Å². The van der Waals surface area contributed by atoms with Crippen LogP contribution in [0.5, 0.6) is 0 Å². The van der Waals surface area contributed by atoms with E-state index in [4.69, 9.17) is 0 Å². The Hall–Kier alpha value is -3.95. The van der Waals surface area contributed by atoms with Gasteiger partial charge in [0.2, 0.25) is 0 Å². The van der Waals surface area contributed by atoms with Crippen molar-refractivity contribution in [1.82, 2.24) is 15.1 Å². The Bertz CT molecular complexity index is 1180. The molecule has 1 heterocycles. The van der Waals surface area contributed by atoms with E-state index in [1.807, 2.05) is 13.0 Å². The topological polar surface area (TPSA) is 119 Å². The van der Waals surface area contributed by atoms with Crippen LogP contribution in [0.15, 0.2) is 48.5 Å². The van der Waals surface area contributed by atoms with Crippen LogP contribution >= 0.6 is 0 Å². The van der Waals surface area contributed by atoms with Crippen LogP contribution < -0.4 is 10.6 Å². The Morgan fingerprint density at radius 3 is 2.34 bits per heavy atom. The summed E-state index contributed by atoms with van der Waals surface area (Å²) in [6.45, 7) is 2.07. The van der Waals surface area contributed by atoms with Gasteiger partial charge in [0.1, 0.15) is 5.82 Å². The molecule has 2 fully saturated rings. The molecule has 9 nitrogen and oxygen atoms in total. The van der Waals surface area contributed by atoms with E-state index in [0.29, 0.717) is 5.69 Å². The summed E-state index contributed by atoms with van der Waals surface area (Å²) in [5, 5.41) is 15.2. The molecular weight excluding hydrogens is 491 g/mol. The smallest absolute Gasteiger partial charge is 0.323 e. The number of benzene rings is 2. The van der Waals surface area contributed by atoms with Gasteiger partial charge in [0.05, 0.1) is 6.42 Å². The van der Waals surface area contributed by atoms with Crippen molar-refractivity contribution in [2.24, 2.45) is 5.92 Å². The lowest BCUT2D eigenvalue weighted by Gasteiger charge is -2.34. The molecule has 2 unspecified atom stereocenters. The zero-order valence-corrected chi connectivity index (χ0v) is 21.4. The minimum Gasteiger partial charge on any atom is -0.481 e. The van der Waals surface area contributed by atoms with Gasteiger partial charge in [-0.3, -0.25) is 19.3 Å². The van der Waals surface area contributed by atoms with Crippen LogP contribution in [0.4, 0.5) is 14.9 Å². The molecule has 1 aliphatic carbocycles. The lowest BCUT2D eigenvalue weighted by Crippen LogP contribution is -2.57. The first-order chi connectivity index (χ1) is 18.2. The highest BCUT2D eigenvalue weighted by Crippen LogP contribution is 2.29. The molecule has 0 aromatic heterocycles. The molecule has 2 aliphatic rings. The number of aryl methyl sites for hydroxylation is 1. The molecule has 2 atom stereocenters. The maximum absolute atomic E-state index is 13.7. The molecule has 1 aliphatic heterocycles. The van der Waals surface area contributed by atoms with Crippen molar-refractivity contribution in [3.8, 4) is 0 Å². The highest BCUT2D eigenvalue weighted by molar-refractivity contribution is 6.00. The van der Waals surface area contributed by atoms with Crippen molar-refractivity contribution in [3.63, 3.8) is 0 Å². The van der Waals surface area contributed by atoms with Crippen molar-refractivity contribution >= 4 is 29.5 Å². The van der Waals surface area contributed by atoms with Gasteiger partial charge in [-0.15, -0.1) is 0 Å². The largest absolute Gasteiger partial charge is 0.481 e. The van der Waals surface area contributed by atoms with Gasteiger partial charge in [0, 0.05) is 30.4 Å². The summed E-state index contributed by atoms with van der Waals surface area (Å²) >= 11 is 0. The molecule has 1 saturated carbocycles. The highest BCUT2D eigenvalue weighted by atomic mass is 19.1. The number of nitrogens with one attached hydrogen (secondary N) is 2. The number of urea groups is 1. The molecule has 3 N–H and O–H groups in total. The lowest BCUT2D eigenvalue weighted by molar-refractivity contribution is -0.138. The molecule has 4 rings (SSSR count). The van der Waals surface area contributed by atoms with E-state index < -0.39 is 41.8 Å². The number of nitrogens with zero attached hydrogens (tertiary/aromatic N) is 2. The summed E-state index contributed by atoms with van der Waals surface area (Å²) in [5.41, 5.74) is 1.67. The number of halogens is 1. The van der Waals surface area contributed by atoms with E-state index in [1.165, 1.54) is 21.9 Å². The zero-order chi connectivity index (χ0) is 27.2. The summed E-state index contributed by atoms with van der Waals surface area (Å²) in [5.74, 6) is -2.67. The first kappa shape index (κ1) is 27.1. The fourth-order valence-corrected chi connectivity index (χ4v) is 5.33. The van der Waals surface area contributed by atoms with Crippen molar-refractivity contribution in [3.05, 3.63) is 65.5 Å². The predicted octanol–water partition coefficient (Wildman–Crippen LogP) is 3.99. The molecule has 2 aromatic rings. The number of carboxylic acids is 1. The molecule has 202 valence electrons. The molecular formula is C28H33FN4O5. The maximum atomic E-state index is 13.7. The van der Waals surface area contributed by atoms with Crippen LogP contribution in [0.1, 0.15) is 54.4 Å². The summed E-state index contributed by atoms with van der Waals surface area (Å²) in [6, 6.07) is 11.0. The lowest BCUT2D eigenvalue weighted by atomic mass is 9.82. The van der Waals surface area contributed by atoms with E-state index in [-0.39, 0.29) is 31.0 Å². The zero-order valence-electron chi connectivity index (χ0n) is 21.4. The summed E-state index contributed by atoms with van der Waals surface area (Å²) in [4.78, 5) is 54.6. The molecule has 38 heavy (non-hydrogen) atoms. The maximum Gasteiger partial charge on any atom is 0.323 e. The van der Waals surface area contributed by atoms with Gasteiger partial charge in [-0.25, -0.2) is 9.18 Å². The molecule has 10 heteroatoms. The Morgan fingerprint density at radius 1 is 1.00 bits per heavy atom. The van der Waals surface area contributed by atoms with Crippen LogP contribution in [0.3, 0.4) is 0 Å². The number of rotatable bonds is 7. The van der Waals surface area contributed by atoms with Crippen molar-refractivity contribution < 1.29 is 28.7 Å². The van der Waals surface area contributed by atoms with Gasteiger partial charge in [0.15, 0.2) is 6.17 Å². The van der Waals surface area contributed by atoms with E-state index in [1.54, 1.807) is 18.2 Å². The minimum absolute atomic E-state index is 0.000948. The highest BCUT2D eigenvalue weighted by Gasteiger charge is 2.44. The van der Waals surface area contributed by atoms with Crippen molar-refractivity contribution in [2.75, 3.05) is 18.4 Å². The second-order valence-electron chi connectivity index (χ2n) is 9.98. The number of anilines is 1. The Labute approximate surface area is 221 Å². The number of hydrogen-bond donors (Lipinski definition) is 3. The predicted molar refractivity (Wildman–Crippen MR) is 139 cm³/mol. The molecule has 0 bridgehead atoms. The normalized spacial score (nSPS) is 18.6. The second-order valence-corrected chi connectivity index (χ2v) is 9.98. The number of amides is 4. The molecule has 0 radical (unpaired) electrons. The number of carbonyl (C=O) groups excluding carboxylic acids is 3. The first-order valence-electron chi connectivity index (χ1n) is 13.0. The monoisotopic (exact) mass is 524 g/mol. The standard InChI is InChI=1S/C28H33FN4O5/c1-18-6-5-9-22(16-18)30-28(38)33-15-14-32(27(37)20-10-12-21(29)13-11-20)26(33)25(36)31-23(17-24(34)35)19-7-3-2-4-8-19/h5-6,9-13,16,19,23,26H,2-4,7-8,14-15,17H2,1H3,(H,30,38)(H,31,36)(H,34,35). The number of aliphatic carboxylic acids is 1. The number of carboxylic acid groups (broad SMARTS) is 1. The van der Waals surface area contributed by atoms with Crippen LogP contribution in [-0.4, -0.2) is 64.0 Å². The summed E-state index contributed by atoms with van der Waals surface area (Å²) in [7, 11) is 0. The average molecular weight is 525 g/mol. The third kappa shape index (κ3) is 6.48. The quantitative estimate of drug-likeness (QED) is 0.506. The summed E-state index contributed by atoms with van der Waals surface area (Å²) in [6.07, 6.45) is 3.06. The molecule has 4 amide bonds. The minimum atomic E-state index is -1.29. The van der Waals surface area contributed by atoms with Gasteiger partial charge in [-0.2, -0.15) is 0 Å². The Morgan fingerprint density at radius 2 is 1.68 bits per heavy atom. The Balaban J connectivity index is 1.60. The van der Waals surface area contributed by atoms with Gasteiger partial charge in [-0.1, -0.05) is 31.4 Å². The van der Waals surface area contributed by atoms with Gasteiger partial charge in [-0.05, 0) is 67.6 Å². The Kier molecular flexibility index (Phi) is 8.60. The van der Waals surface area contributed by atoms with Gasteiger partial charge < -0.3 is 20.6 Å². The molecule has 1 saturated heterocycles. The second kappa shape index (κ2) is 12.1. The third-order valence-corrected chi connectivity index (χ3v) is 7.23. The van der Waals surface area contributed by atoms with Crippen LogP contribution in [0, 0.1) is 18.7 Å². The fraction of sp³-hybridized carbons (Fsp3) is 0.429. The van der Waals surface area contributed by atoms with Crippen LogP contribution in [-0.2, 0) is 9.59 Å². The van der Waals surface area contributed by atoms with E-state index >= 15 is 0 Å². The average Bonchev–Trinajstić information content (AvgIpc) is 3.34. The SMILES string of the molecule is Cc1cccc(NC(=O)N2CCN(C(=O)c3ccc(F)cc3)C2C(=O)NC(CC(=O)O)C2CCCCC2)c1. The van der Waals surface area contributed by atoms with Crippen molar-refractivity contribution in [2.45, 2.75) is 57.7 Å². The van der Waals surface area contributed by atoms with E-state index in [0.717, 1.165) is 49.8 Å². The van der Waals surface area contributed by atoms with E-state index in [2.05, 4.69) is 10.6 Å².